The van der Waals surface area contributed by atoms with Crippen molar-refractivity contribution < 1.29 is 19.8 Å². The second-order valence-electron chi connectivity index (χ2n) is 6.24. The first-order valence-corrected chi connectivity index (χ1v) is 8.80. The molecular weight excluding hydrogens is 318 g/mol. The van der Waals surface area contributed by atoms with Gasteiger partial charge >= 0.3 is 5.97 Å². The van der Waals surface area contributed by atoms with Gasteiger partial charge in [-0.2, -0.15) is 0 Å². The van der Waals surface area contributed by atoms with E-state index in [-0.39, 0.29) is 18.1 Å². The predicted octanol–water partition coefficient (Wildman–Crippen LogP) is 4.69. The number of fused-ring (bicyclic) bond motifs is 1. The van der Waals surface area contributed by atoms with Gasteiger partial charge < -0.3 is 15.5 Å². The van der Waals surface area contributed by atoms with E-state index >= 15 is 0 Å². The number of anilines is 1. The zero-order valence-corrected chi connectivity index (χ0v) is 14.3. The SMILES string of the molecule is O=C(O)CCCCCCCCC(=O)Nc1ccc(O)c2ccccc12. The van der Waals surface area contributed by atoms with E-state index in [9.17, 15) is 14.7 Å². The predicted molar refractivity (Wildman–Crippen MR) is 98.8 cm³/mol. The van der Waals surface area contributed by atoms with Gasteiger partial charge in [-0.3, -0.25) is 9.59 Å². The lowest BCUT2D eigenvalue weighted by molar-refractivity contribution is -0.137. The quantitative estimate of drug-likeness (QED) is 0.431. The van der Waals surface area contributed by atoms with Crippen molar-refractivity contribution in [3.8, 4) is 5.75 Å². The fourth-order valence-corrected chi connectivity index (χ4v) is 2.87. The molecule has 0 spiro atoms. The number of hydrogen-bond donors (Lipinski definition) is 3. The molecule has 0 aliphatic rings. The smallest absolute Gasteiger partial charge is 0.303 e. The molecule has 0 heterocycles. The van der Waals surface area contributed by atoms with Crippen molar-refractivity contribution in [2.45, 2.75) is 51.4 Å². The molecule has 0 saturated heterocycles. The molecule has 134 valence electrons. The fourth-order valence-electron chi connectivity index (χ4n) is 2.87. The van der Waals surface area contributed by atoms with Crippen molar-refractivity contribution in [1.29, 1.82) is 0 Å². The standard InChI is InChI=1S/C20H25NO4/c22-18-14-13-17(15-9-7-8-10-16(15)18)21-19(23)11-5-3-1-2-4-6-12-20(24)25/h7-10,13-14,22H,1-6,11-12H2,(H,21,23)(H,24,25). The number of hydrogen-bond acceptors (Lipinski definition) is 3. The molecule has 0 atom stereocenters. The summed E-state index contributed by atoms with van der Waals surface area (Å²) in [4.78, 5) is 22.5. The van der Waals surface area contributed by atoms with Crippen molar-refractivity contribution in [3.63, 3.8) is 0 Å². The summed E-state index contributed by atoms with van der Waals surface area (Å²) in [6, 6.07) is 10.7. The first-order chi connectivity index (χ1) is 12.1. The molecule has 3 N–H and O–H groups in total. The Morgan fingerprint density at radius 3 is 2.08 bits per heavy atom. The zero-order valence-electron chi connectivity index (χ0n) is 14.3. The Morgan fingerprint density at radius 2 is 1.40 bits per heavy atom. The summed E-state index contributed by atoms with van der Waals surface area (Å²) in [6.07, 6.45) is 6.18. The van der Waals surface area contributed by atoms with Crippen LogP contribution in [0, 0.1) is 0 Å². The third kappa shape index (κ3) is 6.10. The van der Waals surface area contributed by atoms with Crippen molar-refractivity contribution in [1.82, 2.24) is 0 Å². The topological polar surface area (TPSA) is 86.6 Å². The molecule has 2 rings (SSSR count). The summed E-state index contributed by atoms with van der Waals surface area (Å²) in [7, 11) is 0. The molecule has 0 aromatic heterocycles. The lowest BCUT2D eigenvalue weighted by Gasteiger charge is -2.10. The number of amides is 1. The van der Waals surface area contributed by atoms with Crippen LogP contribution < -0.4 is 5.32 Å². The molecule has 2 aromatic rings. The van der Waals surface area contributed by atoms with Gasteiger partial charge in [0.15, 0.2) is 0 Å². The number of phenols is 1. The summed E-state index contributed by atoms with van der Waals surface area (Å²) in [5, 5.41) is 22.9. The van der Waals surface area contributed by atoms with E-state index in [1.807, 2.05) is 24.3 Å². The highest BCUT2D eigenvalue weighted by Crippen LogP contribution is 2.30. The van der Waals surface area contributed by atoms with Gasteiger partial charge in [-0.1, -0.05) is 49.9 Å². The molecule has 0 bridgehead atoms. The highest BCUT2D eigenvalue weighted by atomic mass is 16.4. The Hall–Kier alpha value is -2.56. The number of benzene rings is 2. The molecule has 0 aliphatic heterocycles. The Kier molecular flexibility index (Phi) is 7.26. The maximum absolute atomic E-state index is 12.1. The van der Waals surface area contributed by atoms with Crippen LogP contribution in [0.3, 0.4) is 0 Å². The average Bonchev–Trinajstić information content (AvgIpc) is 2.60. The van der Waals surface area contributed by atoms with E-state index in [1.165, 1.54) is 0 Å². The zero-order chi connectivity index (χ0) is 18.1. The fraction of sp³-hybridized carbons (Fsp3) is 0.400. The molecule has 0 unspecified atom stereocenters. The number of carboxylic acid groups (broad SMARTS) is 1. The van der Waals surface area contributed by atoms with E-state index in [0.717, 1.165) is 49.3 Å². The molecule has 0 aliphatic carbocycles. The maximum Gasteiger partial charge on any atom is 0.303 e. The highest BCUT2D eigenvalue weighted by molar-refractivity contribution is 6.04. The van der Waals surface area contributed by atoms with Crippen LogP contribution in [0.4, 0.5) is 5.69 Å². The molecule has 0 fully saturated rings. The van der Waals surface area contributed by atoms with Crippen LogP contribution in [0.2, 0.25) is 0 Å². The Balaban J connectivity index is 1.71. The average molecular weight is 343 g/mol. The minimum Gasteiger partial charge on any atom is -0.507 e. The summed E-state index contributed by atoms with van der Waals surface area (Å²) >= 11 is 0. The normalized spacial score (nSPS) is 10.7. The van der Waals surface area contributed by atoms with Gasteiger partial charge in [-0.25, -0.2) is 0 Å². The first kappa shape index (κ1) is 18.8. The van der Waals surface area contributed by atoms with E-state index in [0.29, 0.717) is 12.1 Å². The van der Waals surface area contributed by atoms with Crippen molar-refractivity contribution >= 4 is 28.3 Å². The molecular formula is C20H25NO4. The van der Waals surface area contributed by atoms with Crippen LogP contribution in [0.15, 0.2) is 36.4 Å². The van der Waals surface area contributed by atoms with Gasteiger partial charge in [-0.15, -0.1) is 0 Å². The number of carbonyl (C=O) groups is 2. The van der Waals surface area contributed by atoms with Crippen LogP contribution in [-0.2, 0) is 9.59 Å². The lowest BCUT2D eigenvalue weighted by atomic mass is 10.1. The number of phenolic OH excluding ortho intramolecular Hbond substituents is 1. The largest absolute Gasteiger partial charge is 0.507 e. The number of carbonyl (C=O) groups excluding carboxylic acids is 1. The summed E-state index contributed by atoms with van der Waals surface area (Å²) < 4.78 is 0. The molecule has 5 nitrogen and oxygen atoms in total. The Labute approximate surface area is 147 Å². The molecule has 25 heavy (non-hydrogen) atoms. The molecule has 5 heteroatoms. The van der Waals surface area contributed by atoms with Crippen molar-refractivity contribution in [2.75, 3.05) is 5.32 Å². The van der Waals surface area contributed by atoms with Crippen LogP contribution in [0.5, 0.6) is 5.75 Å². The maximum atomic E-state index is 12.1. The van der Waals surface area contributed by atoms with Gasteiger partial charge in [-0.05, 0) is 25.0 Å². The van der Waals surface area contributed by atoms with Gasteiger partial charge in [0, 0.05) is 29.3 Å². The van der Waals surface area contributed by atoms with Gasteiger partial charge in [0.2, 0.25) is 5.91 Å². The Bertz CT molecular complexity index is 727. The van der Waals surface area contributed by atoms with Crippen LogP contribution in [0.25, 0.3) is 10.8 Å². The third-order valence-electron chi connectivity index (χ3n) is 4.22. The minimum absolute atomic E-state index is 0.0262. The number of aliphatic carboxylic acids is 1. The van der Waals surface area contributed by atoms with Crippen LogP contribution in [0.1, 0.15) is 51.4 Å². The van der Waals surface area contributed by atoms with Crippen LogP contribution in [-0.4, -0.2) is 22.1 Å². The van der Waals surface area contributed by atoms with E-state index in [1.54, 1.807) is 12.1 Å². The molecule has 0 saturated carbocycles. The van der Waals surface area contributed by atoms with Gasteiger partial charge in [0.25, 0.3) is 0 Å². The number of unbranched alkanes of at least 4 members (excludes halogenated alkanes) is 5. The van der Waals surface area contributed by atoms with Gasteiger partial charge in [0.05, 0.1) is 0 Å². The first-order valence-electron chi connectivity index (χ1n) is 8.80. The van der Waals surface area contributed by atoms with Crippen molar-refractivity contribution in [3.05, 3.63) is 36.4 Å². The number of aromatic hydroxyl groups is 1. The van der Waals surface area contributed by atoms with Crippen molar-refractivity contribution in [2.24, 2.45) is 0 Å². The third-order valence-corrected chi connectivity index (χ3v) is 4.22. The van der Waals surface area contributed by atoms with E-state index < -0.39 is 5.97 Å². The Morgan fingerprint density at radius 1 is 0.800 bits per heavy atom. The molecule has 0 radical (unpaired) electrons. The van der Waals surface area contributed by atoms with Crippen LogP contribution >= 0.6 is 0 Å². The van der Waals surface area contributed by atoms with Gasteiger partial charge in [0.1, 0.15) is 5.75 Å². The highest BCUT2D eigenvalue weighted by Gasteiger charge is 2.08. The summed E-state index contributed by atoms with van der Waals surface area (Å²) in [6.45, 7) is 0. The molecule has 1 amide bonds. The number of nitrogens with one attached hydrogen (secondary N) is 1. The number of rotatable bonds is 10. The minimum atomic E-state index is -0.738. The molecule has 2 aromatic carbocycles. The second kappa shape index (κ2) is 9.67. The van der Waals surface area contributed by atoms with E-state index in [4.69, 9.17) is 5.11 Å². The lowest BCUT2D eigenvalue weighted by Crippen LogP contribution is -2.11. The summed E-state index contributed by atoms with van der Waals surface area (Å²) in [5.41, 5.74) is 0.715. The monoisotopic (exact) mass is 343 g/mol. The van der Waals surface area contributed by atoms with E-state index in [2.05, 4.69) is 5.32 Å². The number of carboxylic acids is 1. The second-order valence-corrected chi connectivity index (χ2v) is 6.24. The summed E-state index contributed by atoms with van der Waals surface area (Å²) in [5.74, 6) is -0.559.